The van der Waals surface area contributed by atoms with Gasteiger partial charge in [-0.2, -0.15) is 0 Å². The summed E-state index contributed by atoms with van der Waals surface area (Å²) in [6.45, 7) is 4.89. The van der Waals surface area contributed by atoms with Crippen LogP contribution in [-0.2, 0) is 14.3 Å². The molecule has 0 aromatic rings. The van der Waals surface area contributed by atoms with Crippen LogP contribution in [0.15, 0.2) is 48.6 Å². The maximum absolute atomic E-state index is 12.5. The van der Waals surface area contributed by atoms with E-state index >= 15 is 0 Å². The summed E-state index contributed by atoms with van der Waals surface area (Å²) in [5, 5.41) is 23.1. The largest absolute Gasteiger partial charge is 0.466 e. The molecule has 3 N–H and O–H groups in total. The maximum atomic E-state index is 12.5. The van der Waals surface area contributed by atoms with E-state index in [0.29, 0.717) is 19.4 Å². The fourth-order valence-corrected chi connectivity index (χ4v) is 10.4. The van der Waals surface area contributed by atoms with E-state index < -0.39 is 12.1 Å². The van der Waals surface area contributed by atoms with E-state index in [4.69, 9.17) is 4.74 Å². The lowest BCUT2D eigenvalue weighted by Gasteiger charge is -2.20. The first-order chi connectivity index (χ1) is 37.5. The van der Waals surface area contributed by atoms with Gasteiger partial charge < -0.3 is 20.3 Å². The zero-order chi connectivity index (χ0) is 55.0. The molecule has 0 spiro atoms. The molecule has 0 heterocycles. The summed E-state index contributed by atoms with van der Waals surface area (Å²) in [6.07, 6.45) is 84.6. The first-order valence-electron chi connectivity index (χ1n) is 33.9. The number of amides is 1. The molecular weight excluding hydrogens is 935 g/mol. The van der Waals surface area contributed by atoms with Gasteiger partial charge in [-0.25, -0.2) is 0 Å². The summed E-state index contributed by atoms with van der Waals surface area (Å²) >= 11 is 0. The minimum Gasteiger partial charge on any atom is -0.466 e. The second kappa shape index (κ2) is 65.3. The van der Waals surface area contributed by atoms with Crippen LogP contribution >= 0.6 is 0 Å². The molecule has 2 atom stereocenters. The van der Waals surface area contributed by atoms with Gasteiger partial charge in [0.15, 0.2) is 0 Å². The molecule has 0 fully saturated rings. The summed E-state index contributed by atoms with van der Waals surface area (Å²) < 4.78 is 5.49. The number of hydrogen-bond donors (Lipinski definition) is 3. The van der Waals surface area contributed by atoms with Crippen LogP contribution in [0.4, 0.5) is 0 Å². The monoisotopic (exact) mass is 1070 g/mol. The number of unbranched alkanes of at least 4 members (excludes halogenated alkanes) is 46. The van der Waals surface area contributed by atoms with Gasteiger partial charge in [0.25, 0.3) is 0 Å². The third-order valence-corrected chi connectivity index (χ3v) is 15.6. The number of carbonyl (C=O) groups excluding carboxylic acids is 2. The molecule has 2 unspecified atom stereocenters. The van der Waals surface area contributed by atoms with Crippen molar-refractivity contribution in [2.45, 2.75) is 373 Å². The average molecular weight is 1070 g/mol. The molecule has 0 aromatic heterocycles. The molecule has 446 valence electrons. The van der Waals surface area contributed by atoms with E-state index in [0.717, 1.165) is 51.4 Å². The van der Waals surface area contributed by atoms with Gasteiger partial charge in [-0.3, -0.25) is 9.59 Å². The fraction of sp³-hybridized carbons (Fsp3) is 0.857. The lowest BCUT2D eigenvalue weighted by molar-refractivity contribution is -0.143. The number of ether oxygens (including phenoxy) is 1. The molecule has 0 saturated heterocycles. The Morgan fingerprint density at radius 1 is 0.368 bits per heavy atom. The minimum absolute atomic E-state index is 0.00259. The van der Waals surface area contributed by atoms with Gasteiger partial charge in [-0.15, -0.1) is 0 Å². The lowest BCUT2D eigenvalue weighted by atomic mass is 10.0. The van der Waals surface area contributed by atoms with Crippen molar-refractivity contribution in [1.29, 1.82) is 0 Å². The second-order valence-corrected chi connectivity index (χ2v) is 23.1. The van der Waals surface area contributed by atoms with Crippen molar-refractivity contribution in [3.8, 4) is 0 Å². The van der Waals surface area contributed by atoms with Gasteiger partial charge in [0.05, 0.1) is 25.4 Å². The molecule has 0 aromatic carbocycles. The van der Waals surface area contributed by atoms with Crippen molar-refractivity contribution in [3.05, 3.63) is 48.6 Å². The van der Waals surface area contributed by atoms with Crippen LogP contribution < -0.4 is 5.32 Å². The normalized spacial score (nSPS) is 12.8. The van der Waals surface area contributed by atoms with Crippen LogP contribution in [0.3, 0.4) is 0 Å². The van der Waals surface area contributed by atoms with Crippen molar-refractivity contribution in [3.63, 3.8) is 0 Å². The molecule has 6 nitrogen and oxygen atoms in total. The smallest absolute Gasteiger partial charge is 0.305 e. The Hall–Kier alpha value is -2.18. The molecule has 0 aliphatic carbocycles. The number of aliphatic hydroxyl groups is 2. The van der Waals surface area contributed by atoms with Crippen LogP contribution in [0.5, 0.6) is 0 Å². The van der Waals surface area contributed by atoms with Crippen LogP contribution in [0.2, 0.25) is 0 Å². The van der Waals surface area contributed by atoms with E-state index in [-0.39, 0.29) is 18.5 Å². The first kappa shape index (κ1) is 73.8. The van der Waals surface area contributed by atoms with Crippen LogP contribution in [0.1, 0.15) is 361 Å². The molecule has 0 saturated carbocycles. The Bertz CT molecular complexity index is 1270. The second-order valence-electron chi connectivity index (χ2n) is 23.1. The average Bonchev–Trinajstić information content (AvgIpc) is 3.42. The van der Waals surface area contributed by atoms with Gasteiger partial charge in [-0.05, 0) is 89.9 Å². The van der Waals surface area contributed by atoms with E-state index in [1.165, 1.54) is 283 Å². The van der Waals surface area contributed by atoms with Crippen molar-refractivity contribution in [2.75, 3.05) is 13.2 Å². The third-order valence-electron chi connectivity index (χ3n) is 15.6. The molecule has 0 rings (SSSR count). The van der Waals surface area contributed by atoms with Crippen molar-refractivity contribution in [2.24, 2.45) is 0 Å². The number of aliphatic hydroxyl groups excluding tert-OH is 2. The Balaban J connectivity index is 3.39. The van der Waals surface area contributed by atoms with Crippen molar-refractivity contribution >= 4 is 11.9 Å². The van der Waals surface area contributed by atoms with Crippen LogP contribution in [0.25, 0.3) is 0 Å². The van der Waals surface area contributed by atoms with E-state index in [1.54, 1.807) is 6.08 Å². The van der Waals surface area contributed by atoms with Crippen LogP contribution in [-0.4, -0.2) is 47.4 Å². The number of esters is 1. The first-order valence-corrected chi connectivity index (χ1v) is 33.9. The Morgan fingerprint density at radius 3 is 1.03 bits per heavy atom. The zero-order valence-electron chi connectivity index (χ0n) is 51.0. The topological polar surface area (TPSA) is 95.9 Å². The van der Waals surface area contributed by atoms with Gasteiger partial charge in [0.1, 0.15) is 0 Å². The molecule has 0 radical (unpaired) electrons. The highest BCUT2D eigenvalue weighted by Gasteiger charge is 2.18. The van der Waals surface area contributed by atoms with Crippen molar-refractivity contribution in [1.82, 2.24) is 5.32 Å². The van der Waals surface area contributed by atoms with E-state index in [2.05, 4.69) is 55.6 Å². The summed E-state index contributed by atoms with van der Waals surface area (Å²) in [6, 6.07) is -0.627. The van der Waals surface area contributed by atoms with Gasteiger partial charge in [0, 0.05) is 12.8 Å². The standard InChI is InChI=1S/C70H131NO5/c1-3-5-7-9-11-13-15-17-19-36-40-44-48-52-56-60-64-70(75)76-65-61-57-53-49-45-41-37-34-32-30-28-26-24-22-20-21-23-25-27-29-31-33-35-39-43-47-51-55-59-63-69(74)71-67(66-72)68(73)62-58-54-50-46-42-38-18-16-14-12-10-8-6-4-2/h13,15,19-20,22,36,58,62,67-68,72-73H,3-12,14,16-18,21,23-35,37-57,59-61,63-66H2,1-2H3,(H,71,74)/b15-13-,22-20-,36-19-,62-58+. The summed E-state index contributed by atoms with van der Waals surface area (Å²) in [7, 11) is 0. The number of nitrogens with one attached hydrogen (secondary N) is 1. The molecule has 1 amide bonds. The predicted molar refractivity (Wildman–Crippen MR) is 333 cm³/mol. The van der Waals surface area contributed by atoms with E-state index in [9.17, 15) is 19.8 Å². The zero-order valence-corrected chi connectivity index (χ0v) is 51.0. The lowest BCUT2D eigenvalue weighted by Crippen LogP contribution is -2.45. The SMILES string of the molecule is CCCCCC/C=C\C/C=C\CCCCCCCC(=O)OCCCCCCCCCCCCCC/C=C\CCCCCCCCCCCCCCCC(=O)NC(CO)C(O)/C=C/CCCCCCCCCCCCCC. The third kappa shape index (κ3) is 61.0. The highest BCUT2D eigenvalue weighted by atomic mass is 16.5. The number of allylic oxidation sites excluding steroid dienone is 7. The molecule has 0 aliphatic rings. The number of rotatable bonds is 63. The number of carbonyl (C=O) groups is 2. The van der Waals surface area contributed by atoms with Gasteiger partial charge >= 0.3 is 5.97 Å². The fourth-order valence-electron chi connectivity index (χ4n) is 10.4. The highest BCUT2D eigenvalue weighted by Crippen LogP contribution is 2.17. The van der Waals surface area contributed by atoms with Crippen molar-refractivity contribution < 1.29 is 24.5 Å². The molecular formula is C70H131NO5. The Kier molecular flexibility index (Phi) is 63.5. The quantitative estimate of drug-likeness (QED) is 0.0320. The van der Waals surface area contributed by atoms with Crippen LogP contribution in [0, 0.1) is 0 Å². The molecule has 6 heteroatoms. The minimum atomic E-state index is -0.844. The summed E-state index contributed by atoms with van der Waals surface area (Å²) in [5.74, 6) is -0.0637. The molecule has 76 heavy (non-hydrogen) atoms. The Labute approximate surface area is 474 Å². The summed E-state index contributed by atoms with van der Waals surface area (Å²) in [5.41, 5.74) is 0. The predicted octanol–water partition coefficient (Wildman–Crippen LogP) is 21.7. The highest BCUT2D eigenvalue weighted by molar-refractivity contribution is 5.76. The van der Waals surface area contributed by atoms with Gasteiger partial charge in [0.2, 0.25) is 5.91 Å². The van der Waals surface area contributed by atoms with Gasteiger partial charge in [-0.1, -0.05) is 306 Å². The molecule has 0 aliphatic heterocycles. The van der Waals surface area contributed by atoms with E-state index in [1.807, 2.05) is 6.08 Å². The molecule has 0 bridgehead atoms. The maximum Gasteiger partial charge on any atom is 0.305 e. The summed E-state index contributed by atoms with van der Waals surface area (Å²) in [4.78, 5) is 24.5. The number of hydrogen-bond acceptors (Lipinski definition) is 5. The Morgan fingerprint density at radius 2 is 0.658 bits per heavy atom.